The van der Waals surface area contributed by atoms with Gasteiger partial charge in [-0.3, -0.25) is 0 Å². The lowest BCUT2D eigenvalue weighted by Crippen LogP contribution is -2.37. The first-order valence-corrected chi connectivity index (χ1v) is 5.94. The van der Waals surface area contributed by atoms with E-state index in [0.717, 1.165) is 12.1 Å². The van der Waals surface area contributed by atoms with Crippen molar-refractivity contribution >= 4 is 0 Å². The van der Waals surface area contributed by atoms with Crippen molar-refractivity contribution in [3.8, 4) is 0 Å². The van der Waals surface area contributed by atoms with Crippen LogP contribution in [-0.4, -0.2) is 48.0 Å². The fourth-order valence-electron chi connectivity index (χ4n) is 1.81. The van der Waals surface area contributed by atoms with Crippen LogP contribution in [0.15, 0.2) is 18.2 Å². The molecule has 5 heteroatoms. The maximum Gasteiger partial charge on any atom is 0.126 e. The van der Waals surface area contributed by atoms with Crippen molar-refractivity contribution in [3.63, 3.8) is 0 Å². The molecule has 0 aliphatic heterocycles. The molecule has 0 saturated heterocycles. The maximum atomic E-state index is 13.4. The number of benzene rings is 1. The molecule has 0 amide bonds. The molecule has 18 heavy (non-hydrogen) atoms. The molecule has 0 spiro atoms. The largest absolute Gasteiger partial charge is 0.396 e. The number of likely N-dealkylation sites (N-methyl/N-ethyl adjacent to an activating group) is 1. The maximum absolute atomic E-state index is 13.4. The zero-order chi connectivity index (χ0) is 13.5. The Balaban J connectivity index is 2.55. The number of nitrogens with zero attached hydrogens (tertiary/aromatic N) is 1. The molecule has 0 aromatic heterocycles. The van der Waals surface area contributed by atoms with Crippen LogP contribution >= 0.6 is 0 Å². The van der Waals surface area contributed by atoms with Crippen LogP contribution < -0.4 is 0 Å². The summed E-state index contributed by atoms with van der Waals surface area (Å²) in [6.07, 6.45) is 0.820. The summed E-state index contributed by atoms with van der Waals surface area (Å²) < 4.78 is 26.3. The van der Waals surface area contributed by atoms with E-state index in [9.17, 15) is 8.78 Å². The summed E-state index contributed by atoms with van der Waals surface area (Å²) in [5.74, 6) is -0.879. The highest BCUT2D eigenvalue weighted by Crippen LogP contribution is 2.11. The second-order valence-electron chi connectivity index (χ2n) is 4.32. The van der Waals surface area contributed by atoms with E-state index in [2.05, 4.69) is 0 Å². The predicted octanol–water partition coefficient (Wildman–Crippen LogP) is 1.18. The first kappa shape index (κ1) is 15.0. The van der Waals surface area contributed by atoms with Gasteiger partial charge < -0.3 is 15.1 Å². The van der Waals surface area contributed by atoms with Crippen LogP contribution in [0.4, 0.5) is 8.78 Å². The second kappa shape index (κ2) is 7.41. The van der Waals surface area contributed by atoms with E-state index in [4.69, 9.17) is 10.2 Å². The van der Waals surface area contributed by atoms with Gasteiger partial charge in [-0.2, -0.15) is 0 Å². The van der Waals surface area contributed by atoms with E-state index < -0.39 is 11.6 Å². The average Bonchev–Trinajstić information content (AvgIpc) is 2.36. The molecule has 3 nitrogen and oxygen atoms in total. The van der Waals surface area contributed by atoms with E-state index in [1.54, 1.807) is 7.05 Å². The quantitative estimate of drug-likeness (QED) is 0.773. The van der Waals surface area contributed by atoms with E-state index >= 15 is 0 Å². The third kappa shape index (κ3) is 4.33. The van der Waals surface area contributed by atoms with E-state index in [0.29, 0.717) is 24.9 Å². The Morgan fingerprint density at radius 3 is 2.61 bits per heavy atom. The van der Waals surface area contributed by atoms with Gasteiger partial charge in [0, 0.05) is 19.2 Å². The topological polar surface area (TPSA) is 43.7 Å². The van der Waals surface area contributed by atoms with Crippen molar-refractivity contribution in [2.75, 3.05) is 26.8 Å². The van der Waals surface area contributed by atoms with E-state index in [-0.39, 0.29) is 19.3 Å². The molecule has 0 bridgehead atoms. The normalized spacial score (nSPS) is 13.0. The zero-order valence-electron chi connectivity index (χ0n) is 10.4. The van der Waals surface area contributed by atoms with Gasteiger partial charge in [0.25, 0.3) is 0 Å². The Labute approximate surface area is 106 Å². The molecule has 0 heterocycles. The van der Waals surface area contributed by atoms with Gasteiger partial charge in [0.2, 0.25) is 0 Å². The van der Waals surface area contributed by atoms with Crippen LogP contribution in [0.5, 0.6) is 0 Å². The standard InChI is InChI=1S/C13H19F2NO2/c1-16(12(9-18)5-7-17)6-4-10-8-11(14)2-3-13(10)15/h2-3,8,12,17-18H,4-7,9H2,1H3. The molecule has 1 aromatic rings. The van der Waals surface area contributed by atoms with Crippen molar-refractivity contribution in [1.82, 2.24) is 4.90 Å². The lowest BCUT2D eigenvalue weighted by atomic mass is 10.1. The Morgan fingerprint density at radius 1 is 1.28 bits per heavy atom. The first-order chi connectivity index (χ1) is 8.58. The van der Waals surface area contributed by atoms with Gasteiger partial charge in [-0.25, -0.2) is 8.78 Å². The molecular weight excluding hydrogens is 240 g/mol. The van der Waals surface area contributed by atoms with Crippen molar-refractivity contribution in [1.29, 1.82) is 0 Å². The van der Waals surface area contributed by atoms with Gasteiger partial charge in [-0.1, -0.05) is 0 Å². The van der Waals surface area contributed by atoms with Gasteiger partial charge >= 0.3 is 0 Å². The van der Waals surface area contributed by atoms with Crippen LogP contribution in [0.2, 0.25) is 0 Å². The molecule has 0 fully saturated rings. The molecular formula is C13H19F2NO2. The summed E-state index contributed by atoms with van der Waals surface area (Å²) in [7, 11) is 1.79. The molecule has 1 rings (SSSR count). The van der Waals surface area contributed by atoms with Crippen LogP contribution in [0.25, 0.3) is 0 Å². The minimum absolute atomic E-state index is 0.0100. The van der Waals surface area contributed by atoms with Crippen LogP contribution in [-0.2, 0) is 6.42 Å². The number of hydrogen-bond acceptors (Lipinski definition) is 3. The fraction of sp³-hybridized carbons (Fsp3) is 0.538. The zero-order valence-corrected chi connectivity index (χ0v) is 10.4. The van der Waals surface area contributed by atoms with Crippen molar-refractivity contribution < 1.29 is 19.0 Å². The van der Waals surface area contributed by atoms with E-state index in [1.165, 1.54) is 6.07 Å². The van der Waals surface area contributed by atoms with Crippen LogP contribution in [0.3, 0.4) is 0 Å². The third-order valence-electron chi connectivity index (χ3n) is 3.04. The minimum atomic E-state index is -0.455. The molecule has 1 aromatic carbocycles. The van der Waals surface area contributed by atoms with E-state index in [1.807, 2.05) is 4.90 Å². The molecule has 0 radical (unpaired) electrons. The smallest absolute Gasteiger partial charge is 0.126 e. The number of aliphatic hydroxyl groups excluding tert-OH is 2. The predicted molar refractivity (Wildman–Crippen MR) is 65.3 cm³/mol. The monoisotopic (exact) mass is 259 g/mol. The summed E-state index contributed by atoms with van der Waals surface area (Å²) in [6, 6.07) is 3.22. The lowest BCUT2D eigenvalue weighted by molar-refractivity contribution is 0.120. The van der Waals surface area contributed by atoms with Gasteiger partial charge in [0.15, 0.2) is 0 Å². The minimum Gasteiger partial charge on any atom is -0.396 e. The van der Waals surface area contributed by atoms with Gasteiger partial charge in [0.1, 0.15) is 11.6 Å². The molecule has 2 N–H and O–H groups in total. The highest BCUT2D eigenvalue weighted by atomic mass is 19.1. The number of rotatable bonds is 7. The summed E-state index contributed by atoms with van der Waals surface area (Å²) >= 11 is 0. The molecule has 102 valence electrons. The average molecular weight is 259 g/mol. The fourth-order valence-corrected chi connectivity index (χ4v) is 1.81. The van der Waals surface area contributed by atoms with Gasteiger partial charge in [0.05, 0.1) is 6.61 Å². The Kier molecular flexibility index (Phi) is 6.18. The molecule has 0 aliphatic rings. The molecule has 0 saturated carbocycles. The third-order valence-corrected chi connectivity index (χ3v) is 3.04. The molecule has 0 aliphatic carbocycles. The number of halogens is 2. The second-order valence-corrected chi connectivity index (χ2v) is 4.32. The molecule has 1 atom stereocenters. The molecule has 1 unspecified atom stereocenters. The van der Waals surface area contributed by atoms with Crippen molar-refractivity contribution in [3.05, 3.63) is 35.4 Å². The summed E-state index contributed by atoms with van der Waals surface area (Å²) in [5, 5.41) is 18.0. The van der Waals surface area contributed by atoms with Crippen molar-refractivity contribution in [2.45, 2.75) is 18.9 Å². The first-order valence-electron chi connectivity index (χ1n) is 5.94. The summed E-state index contributed by atoms with van der Waals surface area (Å²) in [5.41, 5.74) is 0.322. The lowest BCUT2D eigenvalue weighted by Gasteiger charge is -2.25. The van der Waals surface area contributed by atoms with Gasteiger partial charge in [-0.05, 0) is 43.7 Å². The highest BCUT2D eigenvalue weighted by molar-refractivity contribution is 5.19. The van der Waals surface area contributed by atoms with Gasteiger partial charge in [-0.15, -0.1) is 0 Å². The Bertz CT molecular complexity index is 374. The Hall–Kier alpha value is -1.04. The van der Waals surface area contributed by atoms with Crippen LogP contribution in [0.1, 0.15) is 12.0 Å². The van der Waals surface area contributed by atoms with Crippen LogP contribution in [0, 0.1) is 11.6 Å². The van der Waals surface area contributed by atoms with Crippen molar-refractivity contribution in [2.24, 2.45) is 0 Å². The SMILES string of the molecule is CN(CCc1cc(F)ccc1F)C(CO)CCO. The Morgan fingerprint density at radius 2 is 2.00 bits per heavy atom. The highest BCUT2D eigenvalue weighted by Gasteiger charge is 2.13. The summed E-state index contributed by atoms with van der Waals surface area (Å²) in [4.78, 5) is 1.83. The number of aliphatic hydroxyl groups is 2. The summed E-state index contributed by atoms with van der Waals surface area (Å²) in [6.45, 7) is 0.415. The number of hydrogen-bond donors (Lipinski definition) is 2.